The van der Waals surface area contributed by atoms with Gasteiger partial charge in [-0.1, -0.05) is 33.1 Å². The first kappa shape index (κ1) is 17.9. The minimum Gasteiger partial charge on any atom is -0.389 e. The average Bonchev–Trinajstić information content (AvgIpc) is 2.40. The molecule has 0 radical (unpaired) electrons. The molecule has 4 heteroatoms. The van der Waals surface area contributed by atoms with Crippen molar-refractivity contribution in [3.8, 4) is 0 Å². The van der Waals surface area contributed by atoms with Gasteiger partial charge in [0.25, 0.3) is 0 Å². The van der Waals surface area contributed by atoms with Gasteiger partial charge in [-0.25, -0.2) is 0 Å². The molecule has 1 fully saturated rings. The number of ether oxygens (including phenoxy) is 1. The van der Waals surface area contributed by atoms with Gasteiger partial charge in [0, 0.05) is 19.7 Å². The van der Waals surface area contributed by atoms with E-state index in [2.05, 4.69) is 19.2 Å². The fourth-order valence-corrected chi connectivity index (χ4v) is 2.56. The zero-order valence-electron chi connectivity index (χ0n) is 13.2. The van der Waals surface area contributed by atoms with E-state index in [4.69, 9.17) is 4.74 Å². The maximum atomic E-state index is 9.91. The molecule has 0 aromatic rings. The van der Waals surface area contributed by atoms with Crippen LogP contribution in [0.25, 0.3) is 0 Å². The second kappa shape index (κ2) is 9.72. The van der Waals surface area contributed by atoms with Crippen molar-refractivity contribution in [2.24, 2.45) is 5.92 Å². The Bertz CT molecular complexity index is 244. The van der Waals surface area contributed by atoms with E-state index in [1.54, 1.807) is 0 Å². The van der Waals surface area contributed by atoms with Gasteiger partial charge in [0.2, 0.25) is 0 Å². The first-order valence-corrected chi connectivity index (χ1v) is 8.28. The second-order valence-corrected chi connectivity index (χ2v) is 6.32. The minimum absolute atomic E-state index is 0.383. The molecule has 0 heterocycles. The van der Waals surface area contributed by atoms with E-state index in [0.29, 0.717) is 25.6 Å². The molecule has 0 spiro atoms. The molecule has 0 aromatic heterocycles. The van der Waals surface area contributed by atoms with Crippen LogP contribution in [-0.4, -0.2) is 48.2 Å². The van der Waals surface area contributed by atoms with Gasteiger partial charge in [-0.05, 0) is 31.6 Å². The number of unbranched alkanes of at least 4 members (excludes halogenated alkanes) is 1. The van der Waals surface area contributed by atoms with Gasteiger partial charge in [0.1, 0.15) is 0 Å². The average molecular weight is 287 g/mol. The molecule has 120 valence electrons. The Balaban J connectivity index is 1.99. The van der Waals surface area contributed by atoms with E-state index in [0.717, 1.165) is 32.3 Å². The van der Waals surface area contributed by atoms with E-state index in [1.807, 2.05) is 0 Å². The van der Waals surface area contributed by atoms with Crippen LogP contribution >= 0.6 is 0 Å². The third-order valence-corrected chi connectivity index (χ3v) is 4.33. The first-order valence-electron chi connectivity index (χ1n) is 8.28. The van der Waals surface area contributed by atoms with Crippen molar-refractivity contribution in [2.75, 3.05) is 26.3 Å². The van der Waals surface area contributed by atoms with Crippen LogP contribution in [-0.2, 0) is 4.74 Å². The van der Waals surface area contributed by atoms with Gasteiger partial charge >= 0.3 is 0 Å². The summed E-state index contributed by atoms with van der Waals surface area (Å²) < 4.78 is 5.62. The van der Waals surface area contributed by atoms with Crippen LogP contribution in [0, 0.1) is 5.92 Å². The lowest BCUT2D eigenvalue weighted by molar-refractivity contribution is -0.0355. The van der Waals surface area contributed by atoms with Gasteiger partial charge in [-0.3, -0.25) is 0 Å². The van der Waals surface area contributed by atoms with Crippen LogP contribution in [0.1, 0.15) is 58.8 Å². The van der Waals surface area contributed by atoms with Crippen LogP contribution in [0.15, 0.2) is 0 Å². The quantitative estimate of drug-likeness (QED) is 0.514. The molecule has 0 amide bonds. The van der Waals surface area contributed by atoms with Crippen LogP contribution < -0.4 is 5.32 Å². The maximum absolute atomic E-state index is 9.91. The van der Waals surface area contributed by atoms with Crippen molar-refractivity contribution in [3.05, 3.63) is 0 Å². The number of aliphatic hydroxyl groups excluding tert-OH is 1. The molecular weight excluding hydrogens is 254 g/mol. The predicted molar refractivity (Wildman–Crippen MR) is 81.8 cm³/mol. The Morgan fingerprint density at radius 2 is 2.00 bits per heavy atom. The lowest BCUT2D eigenvalue weighted by Gasteiger charge is -2.36. The third kappa shape index (κ3) is 7.02. The zero-order chi connectivity index (χ0) is 14.8. The highest BCUT2D eigenvalue weighted by molar-refractivity contribution is 4.89. The normalized spacial score (nSPS) is 20.4. The van der Waals surface area contributed by atoms with Crippen molar-refractivity contribution in [3.63, 3.8) is 0 Å². The van der Waals surface area contributed by atoms with Crippen molar-refractivity contribution >= 4 is 0 Å². The Labute approximate surface area is 123 Å². The molecule has 2 unspecified atom stereocenters. The SMILES string of the molecule is CCCCC(CC)COCC(O)CNCC1(O)CCC1. The van der Waals surface area contributed by atoms with E-state index < -0.39 is 11.7 Å². The van der Waals surface area contributed by atoms with Gasteiger partial charge < -0.3 is 20.3 Å². The summed E-state index contributed by atoms with van der Waals surface area (Å²) in [7, 11) is 0. The smallest absolute Gasteiger partial charge is 0.0897 e. The highest BCUT2D eigenvalue weighted by Gasteiger charge is 2.33. The molecular formula is C16H33NO3. The Kier molecular flexibility index (Phi) is 8.69. The summed E-state index contributed by atoms with van der Waals surface area (Å²) in [5.74, 6) is 0.616. The van der Waals surface area contributed by atoms with E-state index >= 15 is 0 Å². The summed E-state index contributed by atoms with van der Waals surface area (Å²) in [6.07, 6.45) is 7.22. The van der Waals surface area contributed by atoms with Crippen molar-refractivity contribution < 1.29 is 14.9 Å². The summed E-state index contributed by atoms with van der Waals surface area (Å²) in [6.45, 7) is 6.61. The molecule has 0 saturated heterocycles. The van der Waals surface area contributed by atoms with Gasteiger partial charge in [0.15, 0.2) is 0 Å². The van der Waals surface area contributed by atoms with E-state index in [1.165, 1.54) is 19.3 Å². The van der Waals surface area contributed by atoms with Crippen molar-refractivity contribution in [2.45, 2.75) is 70.5 Å². The van der Waals surface area contributed by atoms with Gasteiger partial charge in [-0.15, -0.1) is 0 Å². The van der Waals surface area contributed by atoms with Crippen LogP contribution in [0.3, 0.4) is 0 Å². The number of aliphatic hydroxyl groups is 2. The molecule has 2 atom stereocenters. The predicted octanol–water partition coefficient (Wildman–Crippen LogP) is 2.08. The molecule has 0 bridgehead atoms. The number of nitrogens with one attached hydrogen (secondary N) is 1. The molecule has 1 aliphatic carbocycles. The second-order valence-electron chi connectivity index (χ2n) is 6.32. The summed E-state index contributed by atoms with van der Waals surface area (Å²) in [4.78, 5) is 0. The number of rotatable bonds is 12. The number of hydrogen-bond acceptors (Lipinski definition) is 4. The number of hydrogen-bond donors (Lipinski definition) is 3. The van der Waals surface area contributed by atoms with E-state index in [9.17, 15) is 10.2 Å². The zero-order valence-corrected chi connectivity index (χ0v) is 13.2. The first-order chi connectivity index (χ1) is 9.59. The van der Waals surface area contributed by atoms with Gasteiger partial charge in [-0.2, -0.15) is 0 Å². The van der Waals surface area contributed by atoms with Crippen LogP contribution in [0.4, 0.5) is 0 Å². The summed E-state index contributed by atoms with van der Waals surface area (Å²) in [5, 5.41) is 22.9. The lowest BCUT2D eigenvalue weighted by atomic mass is 9.80. The topological polar surface area (TPSA) is 61.7 Å². The molecule has 20 heavy (non-hydrogen) atoms. The third-order valence-electron chi connectivity index (χ3n) is 4.33. The molecule has 3 N–H and O–H groups in total. The Hall–Kier alpha value is -0.160. The van der Waals surface area contributed by atoms with Crippen molar-refractivity contribution in [1.82, 2.24) is 5.32 Å². The standard InChI is InChI=1S/C16H33NO3/c1-3-5-7-14(4-2)11-20-12-15(18)10-17-13-16(19)8-6-9-16/h14-15,17-19H,3-13H2,1-2H3. The molecule has 0 aromatic carbocycles. The molecule has 1 aliphatic rings. The fraction of sp³-hybridized carbons (Fsp3) is 1.00. The maximum Gasteiger partial charge on any atom is 0.0897 e. The lowest BCUT2D eigenvalue weighted by Crippen LogP contribution is -2.48. The van der Waals surface area contributed by atoms with E-state index in [-0.39, 0.29) is 0 Å². The Morgan fingerprint density at radius 1 is 1.25 bits per heavy atom. The summed E-state index contributed by atoms with van der Waals surface area (Å²) in [6, 6.07) is 0. The van der Waals surface area contributed by atoms with Crippen molar-refractivity contribution in [1.29, 1.82) is 0 Å². The summed E-state index contributed by atoms with van der Waals surface area (Å²) >= 11 is 0. The van der Waals surface area contributed by atoms with Crippen LogP contribution in [0.2, 0.25) is 0 Å². The van der Waals surface area contributed by atoms with Crippen LogP contribution in [0.5, 0.6) is 0 Å². The highest BCUT2D eigenvalue weighted by Crippen LogP contribution is 2.30. The fourth-order valence-electron chi connectivity index (χ4n) is 2.56. The Morgan fingerprint density at radius 3 is 2.55 bits per heavy atom. The molecule has 1 saturated carbocycles. The molecule has 4 nitrogen and oxygen atoms in total. The van der Waals surface area contributed by atoms with Gasteiger partial charge in [0.05, 0.1) is 18.3 Å². The minimum atomic E-state index is -0.520. The summed E-state index contributed by atoms with van der Waals surface area (Å²) in [5.41, 5.74) is -0.520. The largest absolute Gasteiger partial charge is 0.389 e. The molecule has 0 aliphatic heterocycles. The highest BCUT2D eigenvalue weighted by atomic mass is 16.5. The molecule has 1 rings (SSSR count). The monoisotopic (exact) mass is 287 g/mol.